The van der Waals surface area contributed by atoms with Crippen molar-refractivity contribution in [3.8, 4) is 0 Å². The summed E-state index contributed by atoms with van der Waals surface area (Å²) in [4.78, 5) is 17.2. The fourth-order valence-corrected chi connectivity index (χ4v) is 3.91. The Bertz CT molecular complexity index is 525. The van der Waals surface area contributed by atoms with Gasteiger partial charge in [0.2, 0.25) is 0 Å². The van der Waals surface area contributed by atoms with E-state index in [9.17, 15) is 9.90 Å². The van der Waals surface area contributed by atoms with Gasteiger partial charge in [-0.05, 0) is 70.2 Å². The first-order chi connectivity index (χ1) is 11.1. The molecule has 4 nitrogen and oxygen atoms in total. The Labute approximate surface area is 139 Å². The molecule has 0 radical (unpaired) electrons. The molecule has 23 heavy (non-hydrogen) atoms. The largest absolute Gasteiger partial charge is 0.393 e. The highest BCUT2D eigenvalue weighted by atomic mass is 16.3. The molecular formula is C19H28N2O2. The van der Waals surface area contributed by atoms with Gasteiger partial charge < -0.3 is 14.9 Å². The van der Waals surface area contributed by atoms with Crippen LogP contribution in [0.25, 0.3) is 0 Å². The van der Waals surface area contributed by atoms with E-state index in [4.69, 9.17) is 0 Å². The first-order valence-electron chi connectivity index (χ1n) is 8.92. The van der Waals surface area contributed by atoms with Gasteiger partial charge in [0.1, 0.15) is 0 Å². The third-order valence-corrected chi connectivity index (χ3v) is 5.37. The van der Waals surface area contributed by atoms with Crippen LogP contribution in [0.4, 0.5) is 5.69 Å². The van der Waals surface area contributed by atoms with E-state index < -0.39 is 0 Å². The van der Waals surface area contributed by atoms with Gasteiger partial charge >= 0.3 is 0 Å². The van der Waals surface area contributed by atoms with Crippen LogP contribution in [0.5, 0.6) is 0 Å². The van der Waals surface area contributed by atoms with Crippen LogP contribution >= 0.6 is 0 Å². The number of anilines is 1. The van der Waals surface area contributed by atoms with Crippen molar-refractivity contribution in [3.05, 3.63) is 29.8 Å². The second-order valence-corrected chi connectivity index (χ2v) is 7.11. The average molecular weight is 316 g/mol. The quantitative estimate of drug-likeness (QED) is 0.912. The minimum absolute atomic E-state index is 0.158. The van der Waals surface area contributed by atoms with Crippen molar-refractivity contribution in [3.63, 3.8) is 0 Å². The Hall–Kier alpha value is -1.55. The SMILES string of the molecule is CC1CCCC(C)N1C(=O)c1ccc(N2CCC(O)CC2)cc1. The number of hydrogen-bond donors (Lipinski definition) is 1. The van der Waals surface area contributed by atoms with Crippen LogP contribution in [0.15, 0.2) is 24.3 Å². The number of piperidine rings is 2. The zero-order chi connectivity index (χ0) is 16.4. The summed E-state index contributed by atoms with van der Waals surface area (Å²) < 4.78 is 0. The van der Waals surface area contributed by atoms with E-state index in [0.29, 0.717) is 12.1 Å². The highest BCUT2D eigenvalue weighted by molar-refractivity contribution is 5.95. The van der Waals surface area contributed by atoms with Gasteiger partial charge in [-0.3, -0.25) is 4.79 Å². The van der Waals surface area contributed by atoms with Gasteiger partial charge in [-0.2, -0.15) is 0 Å². The summed E-state index contributed by atoms with van der Waals surface area (Å²) in [7, 11) is 0. The van der Waals surface area contributed by atoms with Crippen LogP contribution in [0.1, 0.15) is 56.3 Å². The molecule has 2 aliphatic rings. The van der Waals surface area contributed by atoms with Crippen molar-refractivity contribution in [2.24, 2.45) is 0 Å². The maximum absolute atomic E-state index is 12.8. The Balaban J connectivity index is 1.70. The van der Waals surface area contributed by atoms with Gasteiger partial charge in [0.15, 0.2) is 0 Å². The number of benzene rings is 1. The van der Waals surface area contributed by atoms with Crippen molar-refractivity contribution >= 4 is 11.6 Å². The molecule has 2 fully saturated rings. The van der Waals surface area contributed by atoms with Gasteiger partial charge in [0.25, 0.3) is 5.91 Å². The molecule has 3 rings (SSSR count). The summed E-state index contributed by atoms with van der Waals surface area (Å²) in [6, 6.07) is 8.66. The lowest BCUT2D eigenvalue weighted by atomic mass is 9.96. The van der Waals surface area contributed by atoms with Gasteiger partial charge in [-0.25, -0.2) is 0 Å². The Morgan fingerprint density at radius 3 is 2.13 bits per heavy atom. The number of amides is 1. The Morgan fingerprint density at radius 1 is 1.00 bits per heavy atom. The van der Waals surface area contributed by atoms with Crippen molar-refractivity contribution < 1.29 is 9.90 Å². The van der Waals surface area contributed by atoms with Crippen LogP contribution in [0.3, 0.4) is 0 Å². The van der Waals surface area contributed by atoms with Crippen LogP contribution in [-0.4, -0.2) is 47.2 Å². The number of aliphatic hydroxyl groups excluding tert-OH is 1. The average Bonchev–Trinajstić information content (AvgIpc) is 2.55. The van der Waals surface area contributed by atoms with Crippen molar-refractivity contribution in [1.82, 2.24) is 4.90 Å². The Kier molecular flexibility index (Phi) is 4.90. The lowest BCUT2D eigenvalue weighted by Crippen LogP contribution is -2.47. The third-order valence-electron chi connectivity index (χ3n) is 5.37. The van der Waals surface area contributed by atoms with Gasteiger partial charge in [0.05, 0.1) is 6.10 Å². The highest BCUT2D eigenvalue weighted by Gasteiger charge is 2.29. The molecule has 1 aromatic rings. The number of carbonyl (C=O) groups excluding carboxylic acids is 1. The second kappa shape index (κ2) is 6.91. The first kappa shape index (κ1) is 16.3. The molecule has 126 valence electrons. The minimum Gasteiger partial charge on any atom is -0.393 e. The number of likely N-dealkylation sites (tertiary alicyclic amines) is 1. The van der Waals surface area contributed by atoms with E-state index >= 15 is 0 Å². The minimum atomic E-state index is -0.158. The zero-order valence-corrected chi connectivity index (χ0v) is 14.2. The number of rotatable bonds is 2. The lowest BCUT2D eigenvalue weighted by molar-refractivity contribution is 0.0511. The van der Waals surface area contributed by atoms with Gasteiger partial charge in [0, 0.05) is 36.4 Å². The van der Waals surface area contributed by atoms with E-state index in [0.717, 1.165) is 50.0 Å². The van der Waals surface area contributed by atoms with Crippen LogP contribution in [-0.2, 0) is 0 Å². The molecule has 0 saturated carbocycles. The number of carbonyl (C=O) groups is 1. The van der Waals surface area contributed by atoms with Gasteiger partial charge in [-0.15, -0.1) is 0 Å². The van der Waals surface area contributed by atoms with Crippen LogP contribution in [0.2, 0.25) is 0 Å². The topological polar surface area (TPSA) is 43.8 Å². The van der Waals surface area contributed by atoms with E-state index in [2.05, 4.69) is 23.6 Å². The lowest BCUT2D eigenvalue weighted by Gasteiger charge is -2.39. The fraction of sp³-hybridized carbons (Fsp3) is 0.632. The molecule has 1 aromatic carbocycles. The summed E-state index contributed by atoms with van der Waals surface area (Å²) in [6.45, 7) is 6.07. The van der Waals surface area contributed by atoms with Gasteiger partial charge in [-0.1, -0.05) is 0 Å². The summed E-state index contributed by atoms with van der Waals surface area (Å²) in [5, 5.41) is 9.61. The van der Waals surface area contributed by atoms with E-state index in [1.807, 2.05) is 24.3 Å². The molecule has 0 bridgehead atoms. The number of hydrogen-bond acceptors (Lipinski definition) is 3. The second-order valence-electron chi connectivity index (χ2n) is 7.11. The molecule has 2 heterocycles. The summed E-state index contributed by atoms with van der Waals surface area (Å²) in [5.74, 6) is 0.158. The predicted octanol–water partition coefficient (Wildman–Crippen LogP) is 3.05. The van der Waals surface area contributed by atoms with Crippen LogP contribution in [0, 0.1) is 0 Å². The van der Waals surface area contributed by atoms with Crippen molar-refractivity contribution in [1.29, 1.82) is 0 Å². The molecule has 4 heteroatoms. The number of aliphatic hydroxyl groups is 1. The normalized spacial score (nSPS) is 26.4. The predicted molar refractivity (Wildman–Crippen MR) is 92.8 cm³/mol. The maximum Gasteiger partial charge on any atom is 0.254 e. The molecule has 2 atom stereocenters. The maximum atomic E-state index is 12.8. The highest BCUT2D eigenvalue weighted by Crippen LogP contribution is 2.26. The van der Waals surface area contributed by atoms with Crippen molar-refractivity contribution in [2.75, 3.05) is 18.0 Å². The molecule has 0 aliphatic carbocycles. The third kappa shape index (κ3) is 3.52. The Morgan fingerprint density at radius 2 is 1.57 bits per heavy atom. The summed E-state index contributed by atoms with van der Waals surface area (Å²) >= 11 is 0. The van der Waals surface area contributed by atoms with E-state index in [-0.39, 0.29) is 12.0 Å². The van der Waals surface area contributed by atoms with Crippen molar-refractivity contribution in [2.45, 2.75) is 64.1 Å². The molecule has 1 N–H and O–H groups in total. The summed E-state index contributed by atoms with van der Waals surface area (Å²) in [5.41, 5.74) is 1.93. The smallest absolute Gasteiger partial charge is 0.254 e. The molecule has 1 amide bonds. The monoisotopic (exact) mass is 316 g/mol. The van der Waals surface area contributed by atoms with E-state index in [1.165, 1.54) is 6.42 Å². The molecule has 2 saturated heterocycles. The molecule has 0 spiro atoms. The zero-order valence-electron chi connectivity index (χ0n) is 14.2. The number of nitrogens with zero attached hydrogens (tertiary/aromatic N) is 2. The first-order valence-corrected chi connectivity index (χ1v) is 8.92. The molecule has 2 unspecified atom stereocenters. The standard InChI is InChI=1S/C19H28N2O2/c1-14-4-3-5-15(2)21(14)19(23)16-6-8-17(9-7-16)20-12-10-18(22)11-13-20/h6-9,14-15,18,22H,3-5,10-13H2,1-2H3. The fourth-order valence-electron chi connectivity index (χ4n) is 3.91. The summed E-state index contributed by atoms with van der Waals surface area (Å²) in [6.07, 6.45) is 4.90. The molecular weight excluding hydrogens is 288 g/mol. The van der Waals surface area contributed by atoms with Crippen LogP contribution < -0.4 is 4.90 Å². The molecule has 0 aromatic heterocycles. The molecule has 2 aliphatic heterocycles. The van der Waals surface area contributed by atoms with E-state index in [1.54, 1.807) is 0 Å².